The number of rotatable bonds is 3. The van der Waals surface area contributed by atoms with E-state index < -0.39 is 0 Å². The molecular formula is C11H22N4. The topological polar surface area (TPSA) is 67.6 Å². The van der Waals surface area contributed by atoms with Crippen molar-refractivity contribution in [2.45, 2.75) is 58.4 Å². The summed E-state index contributed by atoms with van der Waals surface area (Å²) in [5.41, 5.74) is 5.55. The molecule has 1 aromatic heterocycles. The second-order valence-corrected chi connectivity index (χ2v) is 5.55. The molecule has 1 aromatic rings. The summed E-state index contributed by atoms with van der Waals surface area (Å²) >= 11 is 0. The van der Waals surface area contributed by atoms with Crippen LogP contribution in [-0.4, -0.2) is 20.7 Å². The minimum Gasteiger partial charge on any atom is -0.325 e. The summed E-state index contributed by atoms with van der Waals surface area (Å²) in [6.45, 7) is 12.3. The maximum Gasteiger partial charge on any atom is 0.158 e. The predicted molar refractivity (Wildman–Crippen MR) is 61.8 cm³/mol. The lowest BCUT2D eigenvalue weighted by Gasteiger charge is -2.35. The SMILES string of the molecule is CC(C)c1nc(C(C)(C)C(C)(C)N)n[nH]1. The highest BCUT2D eigenvalue weighted by atomic mass is 15.2. The van der Waals surface area contributed by atoms with E-state index >= 15 is 0 Å². The second kappa shape index (κ2) is 3.59. The van der Waals surface area contributed by atoms with E-state index in [-0.39, 0.29) is 11.0 Å². The molecule has 0 atom stereocenters. The summed E-state index contributed by atoms with van der Waals surface area (Å²) < 4.78 is 0. The van der Waals surface area contributed by atoms with Gasteiger partial charge in [-0.3, -0.25) is 5.10 Å². The van der Waals surface area contributed by atoms with Crippen molar-refractivity contribution < 1.29 is 0 Å². The molecule has 3 N–H and O–H groups in total. The molecule has 15 heavy (non-hydrogen) atoms. The molecule has 0 aliphatic rings. The predicted octanol–water partition coefficient (Wildman–Crippen LogP) is 1.94. The zero-order valence-corrected chi connectivity index (χ0v) is 10.5. The second-order valence-electron chi connectivity index (χ2n) is 5.55. The minimum atomic E-state index is -0.344. The molecule has 0 saturated heterocycles. The molecule has 0 aliphatic carbocycles. The van der Waals surface area contributed by atoms with Crippen molar-refractivity contribution in [3.63, 3.8) is 0 Å². The molecular weight excluding hydrogens is 188 g/mol. The van der Waals surface area contributed by atoms with Gasteiger partial charge in [-0.1, -0.05) is 27.7 Å². The summed E-state index contributed by atoms with van der Waals surface area (Å²) in [6.07, 6.45) is 0. The summed E-state index contributed by atoms with van der Waals surface area (Å²) in [7, 11) is 0. The highest BCUT2D eigenvalue weighted by molar-refractivity contribution is 5.13. The van der Waals surface area contributed by atoms with E-state index in [4.69, 9.17) is 5.73 Å². The van der Waals surface area contributed by atoms with Crippen LogP contribution < -0.4 is 5.73 Å². The summed E-state index contributed by atoms with van der Waals surface area (Å²) in [4.78, 5) is 4.50. The molecule has 0 fully saturated rings. The average Bonchev–Trinajstić information content (AvgIpc) is 2.49. The Balaban J connectivity index is 3.06. The number of nitrogens with one attached hydrogen (secondary N) is 1. The third-order valence-corrected chi connectivity index (χ3v) is 3.22. The maximum atomic E-state index is 6.14. The molecule has 0 aliphatic heterocycles. The van der Waals surface area contributed by atoms with Crippen molar-refractivity contribution in [2.24, 2.45) is 5.73 Å². The Morgan fingerprint density at radius 1 is 1.20 bits per heavy atom. The molecule has 0 saturated carbocycles. The summed E-state index contributed by atoms with van der Waals surface area (Å²) in [6, 6.07) is 0. The highest BCUT2D eigenvalue weighted by Crippen LogP contribution is 2.30. The number of hydrogen-bond donors (Lipinski definition) is 2. The first-order valence-electron chi connectivity index (χ1n) is 5.38. The van der Waals surface area contributed by atoms with Crippen LogP contribution in [0.4, 0.5) is 0 Å². The standard InChI is InChI=1S/C11H22N4/c1-7(2)8-13-9(15-14-8)10(3,4)11(5,6)12/h7H,12H2,1-6H3,(H,13,14,15). The Morgan fingerprint density at radius 2 is 1.73 bits per heavy atom. The first kappa shape index (κ1) is 12.2. The number of nitrogens with two attached hydrogens (primary N) is 1. The molecule has 0 unspecified atom stereocenters. The monoisotopic (exact) mass is 210 g/mol. The van der Waals surface area contributed by atoms with Crippen LogP contribution in [0.3, 0.4) is 0 Å². The van der Waals surface area contributed by atoms with Gasteiger partial charge in [-0.25, -0.2) is 4.98 Å². The van der Waals surface area contributed by atoms with Gasteiger partial charge in [-0.05, 0) is 13.8 Å². The van der Waals surface area contributed by atoms with Crippen LogP contribution in [0.2, 0.25) is 0 Å². The highest BCUT2D eigenvalue weighted by Gasteiger charge is 2.38. The fourth-order valence-electron chi connectivity index (χ4n) is 1.10. The Bertz CT molecular complexity index is 331. The van der Waals surface area contributed by atoms with Crippen LogP contribution in [-0.2, 0) is 5.41 Å². The fourth-order valence-corrected chi connectivity index (χ4v) is 1.10. The minimum absolute atomic E-state index is 0.239. The lowest BCUT2D eigenvalue weighted by atomic mass is 9.74. The maximum absolute atomic E-state index is 6.14. The van der Waals surface area contributed by atoms with Gasteiger partial charge in [0.1, 0.15) is 5.82 Å². The lowest BCUT2D eigenvalue weighted by molar-refractivity contribution is 0.291. The third kappa shape index (κ3) is 2.20. The zero-order valence-electron chi connectivity index (χ0n) is 10.5. The molecule has 1 rings (SSSR count). The van der Waals surface area contributed by atoms with Gasteiger partial charge in [0.25, 0.3) is 0 Å². The van der Waals surface area contributed by atoms with Crippen LogP contribution >= 0.6 is 0 Å². The normalized spacial score (nSPS) is 13.6. The van der Waals surface area contributed by atoms with Crippen LogP contribution in [0.1, 0.15) is 59.1 Å². The van der Waals surface area contributed by atoms with Crippen molar-refractivity contribution in [3.8, 4) is 0 Å². The molecule has 1 heterocycles. The summed E-state index contributed by atoms with van der Waals surface area (Å²) in [5, 5.41) is 7.23. The van der Waals surface area contributed by atoms with E-state index in [0.29, 0.717) is 5.92 Å². The molecule has 0 radical (unpaired) electrons. The largest absolute Gasteiger partial charge is 0.325 e. The van der Waals surface area contributed by atoms with Gasteiger partial charge in [0.05, 0.1) is 0 Å². The number of hydrogen-bond acceptors (Lipinski definition) is 3. The van der Waals surface area contributed by atoms with Crippen LogP contribution in [0.25, 0.3) is 0 Å². The first-order valence-corrected chi connectivity index (χ1v) is 5.38. The van der Waals surface area contributed by atoms with Gasteiger partial charge in [-0.15, -0.1) is 0 Å². The van der Waals surface area contributed by atoms with Gasteiger partial charge >= 0.3 is 0 Å². The van der Waals surface area contributed by atoms with Gasteiger partial charge in [0.2, 0.25) is 0 Å². The Morgan fingerprint density at radius 3 is 2.07 bits per heavy atom. The Labute approximate surface area is 91.7 Å². The molecule has 0 amide bonds. The lowest BCUT2D eigenvalue weighted by Crippen LogP contribution is -2.50. The molecule has 0 bridgehead atoms. The number of H-pyrrole nitrogens is 1. The van der Waals surface area contributed by atoms with Crippen LogP contribution in [0.15, 0.2) is 0 Å². The third-order valence-electron chi connectivity index (χ3n) is 3.22. The number of aromatic amines is 1. The molecule has 0 aromatic carbocycles. The van der Waals surface area contributed by atoms with E-state index in [1.54, 1.807) is 0 Å². The van der Waals surface area contributed by atoms with E-state index in [1.807, 2.05) is 13.8 Å². The van der Waals surface area contributed by atoms with E-state index in [0.717, 1.165) is 11.6 Å². The van der Waals surface area contributed by atoms with E-state index in [1.165, 1.54) is 0 Å². The first-order chi connectivity index (χ1) is 6.66. The molecule has 4 heteroatoms. The smallest absolute Gasteiger partial charge is 0.158 e. The van der Waals surface area contributed by atoms with E-state index in [2.05, 4.69) is 42.9 Å². The van der Waals surface area contributed by atoms with Crippen LogP contribution in [0, 0.1) is 0 Å². The van der Waals surface area contributed by atoms with Crippen LogP contribution in [0.5, 0.6) is 0 Å². The quantitative estimate of drug-likeness (QED) is 0.801. The van der Waals surface area contributed by atoms with Gasteiger partial charge in [-0.2, -0.15) is 5.10 Å². The number of nitrogens with zero attached hydrogens (tertiary/aromatic N) is 2. The summed E-state index contributed by atoms with van der Waals surface area (Å²) in [5.74, 6) is 2.07. The molecule has 86 valence electrons. The van der Waals surface area contributed by atoms with Crippen molar-refractivity contribution in [1.29, 1.82) is 0 Å². The van der Waals surface area contributed by atoms with Gasteiger partial charge in [0, 0.05) is 16.9 Å². The van der Waals surface area contributed by atoms with Crippen molar-refractivity contribution in [3.05, 3.63) is 11.6 Å². The Hall–Kier alpha value is -0.900. The van der Waals surface area contributed by atoms with Gasteiger partial charge in [0.15, 0.2) is 5.82 Å². The molecule has 4 nitrogen and oxygen atoms in total. The Kier molecular flexibility index (Phi) is 2.92. The van der Waals surface area contributed by atoms with Crippen molar-refractivity contribution >= 4 is 0 Å². The van der Waals surface area contributed by atoms with Gasteiger partial charge < -0.3 is 5.73 Å². The molecule has 0 spiro atoms. The zero-order chi connectivity index (χ0) is 11.9. The van der Waals surface area contributed by atoms with Crippen molar-refractivity contribution in [2.75, 3.05) is 0 Å². The number of aromatic nitrogens is 3. The fraction of sp³-hybridized carbons (Fsp3) is 0.818. The average molecular weight is 210 g/mol. The van der Waals surface area contributed by atoms with E-state index in [9.17, 15) is 0 Å². The van der Waals surface area contributed by atoms with Crippen molar-refractivity contribution in [1.82, 2.24) is 15.2 Å².